The van der Waals surface area contributed by atoms with Gasteiger partial charge in [-0.25, -0.2) is 4.98 Å². The normalized spacial score (nSPS) is 11.0. The molecule has 158 valence electrons. The molecule has 0 spiro atoms. The Kier molecular flexibility index (Phi) is 7.70. The summed E-state index contributed by atoms with van der Waals surface area (Å²) in [7, 11) is 0. The molecule has 0 aliphatic carbocycles. The Balaban J connectivity index is 1.55. The molecule has 0 aliphatic heterocycles. The fourth-order valence-corrected chi connectivity index (χ4v) is 3.64. The van der Waals surface area contributed by atoms with Crippen LogP contribution in [0.15, 0.2) is 47.8 Å². The van der Waals surface area contributed by atoms with E-state index in [4.69, 9.17) is 16.3 Å². The number of hydrogen-bond donors (Lipinski definition) is 1. The summed E-state index contributed by atoms with van der Waals surface area (Å²) < 4.78 is 7.81. The molecule has 3 aromatic rings. The van der Waals surface area contributed by atoms with E-state index in [1.165, 1.54) is 23.5 Å². The quantitative estimate of drug-likeness (QED) is 0.477. The molecule has 0 fully saturated rings. The highest BCUT2D eigenvalue weighted by molar-refractivity contribution is 7.99. The number of ether oxygens (including phenoxy) is 1. The first-order valence-electron chi connectivity index (χ1n) is 9.65. The van der Waals surface area contributed by atoms with Crippen LogP contribution < -0.4 is 10.1 Å². The zero-order valence-corrected chi connectivity index (χ0v) is 18.7. The van der Waals surface area contributed by atoms with Gasteiger partial charge in [-0.2, -0.15) is 0 Å². The van der Waals surface area contributed by atoms with E-state index in [1.807, 2.05) is 23.6 Å². The number of rotatable bonds is 9. The van der Waals surface area contributed by atoms with E-state index in [-0.39, 0.29) is 11.7 Å². The van der Waals surface area contributed by atoms with Crippen molar-refractivity contribution in [3.8, 4) is 5.75 Å². The van der Waals surface area contributed by atoms with E-state index in [1.54, 1.807) is 12.1 Å². The van der Waals surface area contributed by atoms with Crippen molar-refractivity contribution in [2.45, 2.75) is 45.0 Å². The van der Waals surface area contributed by atoms with E-state index in [0.717, 1.165) is 5.75 Å². The highest BCUT2D eigenvalue weighted by Crippen LogP contribution is 2.21. The Morgan fingerprint density at radius 3 is 2.60 bits per heavy atom. The van der Waals surface area contributed by atoms with Crippen molar-refractivity contribution in [3.05, 3.63) is 59.0 Å². The summed E-state index contributed by atoms with van der Waals surface area (Å²) in [6.45, 7) is 7.31. The van der Waals surface area contributed by atoms with Gasteiger partial charge in [0.05, 0.1) is 10.8 Å². The van der Waals surface area contributed by atoms with E-state index in [2.05, 4.69) is 46.5 Å². The summed E-state index contributed by atoms with van der Waals surface area (Å²) in [6, 6.07) is 11.4. The number of thioether (sulfide) groups is 1. The third kappa shape index (κ3) is 5.96. The third-order valence-electron chi connectivity index (χ3n) is 4.35. The lowest BCUT2D eigenvalue weighted by Gasteiger charge is -2.10. The number of nitrogens with one attached hydrogen (secondary N) is 1. The van der Waals surface area contributed by atoms with Gasteiger partial charge in [-0.1, -0.05) is 49.3 Å². The van der Waals surface area contributed by atoms with Gasteiger partial charge < -0.3 is 14.6 Å². The topological polar surface area (TPSA) is 81.9 Å². The number of pyridine rings is 1. The minimum atomic E-state index is -0.177. The van der Waals surface area contributed by atoms with Gasteiger partial charge in [0.2, 0.25) is 5.91 Å². The Bertz CT molecular complexity index is 974. The van der Waals surface area contributed by atoms with Crippen LogP contribution in [0.25, 0.3) is 0 Å². The summed E-state index contributed by atoms with van der Waals surface area (Å²) in [4.78, 5) is 16.2. The molecule has 2 aromatic heterocycles. The van der Waals surface area contributed by atoms with Crippen LogP contribution in [0.5, 0.6) is 5.75 Å². The first-order chi connectivity index (χ1) is 14.5. The van der Waals surface area contributed by atoms with Crippen LogP contribution >= 0.6 is 23.4 Å². The van der Waals surface area contributed by atoms with Crippen molar-refractivity contribution < 1.29 is 9.53 Å². The van der Waals surface area contributed by atoms with Crippen LogP contribution in [0.1, 0.15) is 38.1 Å². The number of carbonyl (C=O) groups is 1. The largest absolute Gasteiger partial charge is 0.486 e. The lowest BCUT2D eigenvalue weighted by Crippen LogP contribution is -2.15. The van der Waals surface area contributed by atoms with Crippen LogP contribution in [0.2, 0.25) is 5.02 Å². The predicted octanol–water partition coefficient (Wildman–Crippen LogP) is 4.78. The Morgan fingerprint density at radius 1 is 1.20 bits per heavy atom. The molecule has 1 aromatic carbocycles. The summed E-state index contributed by atoms with van der Waals surface area (Å²) in [5, 5.41) is 12.4. The second-order valence-electron chi connectivity index (χ2n) is 6.85. The van der Waals surface area contributed by atoms with Gasteiger partial charge in [-0.05, 0) is 42.7 Å². The maximum atomic E-state index is 12.2. The Labute approximate surface area is 185 Å². The molecular formula is C21H24ClN5O2S. The number of nitrogens with zero attached hydrogens (tertiary/aromatic N) is 4. The van der Waals surface area contributed by atoms with Crippen LogP contribution in [-0.4, -0.2) is 31.4 Å². The lowest BCUT2D eigenvalue weighted by atomic mass is 10.0. The summed E-state index contributed by atoms with van der Waals surface area (Å²) in [5.41, 5.74) is 1.27. The number of amides is 1. The average molecular weight is 446 g/mol. The first kappa shape index (κ1) is 22.1. The molecule has 0 saturated carbocycles. The molecule has 1 amide bonds. The zero-order valence-electron chi connectivity index (χ0n) is 17.1. The second kappa shape index (κ2) is 10.4. The standard InChI is InChI=1S/C21H24ClN5O2S/c1-4-27-19(12-29-17-8-5-15(6-9-17)14(2)3)25-26-21(27)30-13-20(28)24-18-10-7-16(22)11-23-18/h5-11,14H,4,12-13H2,1-3H3,(H,23,24,28). The van der Waals surface area contributed by atoms with Gasteiger partial charge in [0.1, 0.15) is 18.2 Å². The van der Waals surface area contributed by atoms with Gasteiger partial charge in [0.25, 0.3) is 0 Å². The van der Waals surface area contributed by atoms with Gasteiger partial charge >= 0.3 is 0 Å². The highest BCUT2D eigenvalue weighted by Gasteiger charge is 2.14. The third-order valence-corrected chi connectivity index (χ3v) is 5.54. The van der Waals surface area contributed by atoms with Crippen LogP contribution in [0, 0.1) is 0 Å². The number of halogens is 1. The van der Waals surface area contributed by atoms with Crippen LogP contribution in [0.4, 0.5) is 5.82 Å². The van der Waals surface area contributed by atoms with Crippen LogP contribution in [0.3, 0.4) is 0 Å². The fourth-order valence-electron chi connectivity index (χ4n) is 2.71. The van der Waals surface area contributed by atoms with Gasteiger partial charge in [0.15, 0.2) is 11.0 Å². The molecular weight excluding hydrogens is 422 g/mol. The lowest BCUT2D eigenvalue weighted by molar-refractivity contribution is -0.113. The molecule has 3 rings (SSSR count). The molecule has 2 heterocycles. The van der Waals surface area contributed by atoms with E-state index in [9.17, 15) is 4.79 Å². The van der Waals surface area contributed by atoms with Gasteiger partial charge in [-0.3, -0.25) is 4.79 Å². The Morgan fingerprint density at radius 2 is 1.97 bits per heavy atom. The molecule has 0 unspecified atom stereocenters. The number of hydrogen-bond acceptors (Lipinski definition) is 6. The number of anilines is 1. The summed E-state index contributed by atoms with van der Waals surface area (Å²) in [6.07, 6.45) is 1.49. The van der Waals surface area contributed by atoms with Crippen molar-refractivity contribution in [3.63, 3.8) is 0 Å². The molecule has 9 heteroatoms. The van der Waals surface area contributed by atoms with Crippen molar-refractivity contribution in [2.24, 2.45) is 0 Å². The molecule has 0 aliphatic rings. The minimum Gasteiger partial charge on any atom is -0.486 e. The van der Waals surface area contributed by atoms with Crippen molar-refractivity contribution in [1.29, 1.82) is 0 Å². The fraction of sp³-hybridized carbons (Fsp3) is 0.333. The van der Waals surface area contributed by atoms with Crippen molar-refractivity contribution >= 4 is 35.1 Å². The van der Waals surface area contributed by atoms with E-state index < -0.39 is 0 Å². The van der Waals surface area contributed by atoms with Crippen LogP contribution in [-0.2, 0) is 17.9 Å². The second-order valence-corrected chi connectivity index (χ2v) is 8.23. The molecule has 30 heavy (non-hydrogen) atoms. The molecule has 0 radical (unpaired) electrons. The van der Waals surface area contributed by atoms with E-state index >= 15 is 0 Å². The number of carbonyl (C=O) groups excluding carboxylic acids is 1. The molecule has 1 N–H and O–H groups in total. The maximum absolute atomic E-state index is 12.2. The SMILES string of the molecule is CCn1c(COc2ccc(C(C)C)cc2)nnc1SCC(=O)Nc1ccc(Cl)cn1. The Hall–Kier alpha value is -2.58. The molecule has 0 saturated heterocycles. The van der Waals surface area contributed by atoms with Gasteiger partial charge in [-0.15, -0.1) is 10.2 Å². The van der Waals surface area contributed by atoms with Crippen molar-refractivity contribution in [2.75, 3.05) is 11.1 Å². The molecule has 7 nitrogen and oxygen atoms in total. The van der Waals surface area contributed by atoms with Gasteiger partial charge in [0, 0.05) is 12.7 Å². The minimum absolute atomic E-state index is 0.177. The summed E-state index contributed by atoms with van der Waals surface area (Å²) >= 11 is 7.12. The van der Waals surface area contributed by atoms with Crippen molar-refractivity contribution in [1.82, 2.24) is 19.7 Å². The summed E-state index contributed by atoms with van der Waals surface area (Å²) in [5.74, 6) is 2.46. The maximum Gasteiger partial charge on any atom is 0.236 e. The first-order valence-corrected chi connectivity index (χ1v) is 11.0. The molecule has 0 atom stereocenters. The smallest absolute Gasteiger partial charge is 0.236 e. The highest BCUT2D eigenvalue weighted by atomic mass is 35.5. The van der Waals surface area contributed by atoms with E-state index in [0.29, 0.717) is 40.9 Å². The number of benzene rings is 1. The predicted molar refractivity (Wildman–Crippen MR) is 119 cm³/mol. The zero-order chi connectivity index (χ0) is 21.5. The number of aromatic nitrogens is 4. The monoisotopic (exact) mass is 445 g/mol. The average Bonchev–Trinajstić information content (AvgIpc) is 3.14. The molecule has 0 bridgehead atoms.